The van der Waals surface area contributed by atoms with Crippen molar-refractivity contribution in [2.75, 3.05) is 7.05 Å². The summed E-state index contributed by atoms with van der Waals surface area (Å²) in [7, 11) is 2.03. The smallest absolute Gasteiger partial charge is 0.373 e. The minimum Gasteiger partial charge on any atom is -0.390 e. The van der Waals surface area contributed by atoms with E-state index in [0.29, 0.717) is 18.4 Å². The maximum absolute atomic E-state index is 11.5. The number of aliphatic hydroxyl groups is 2. The molecule has 2 aliphatic rings. The van der Waals surface area contributed by atoms with Crippen LogP contribution in [0.3, 0.4) is 0 Å². The van der Waals surface area contributed by atoms with E-state index in [1.807, 2.05) is 7.05 Å². The zero-order valence-electron chi connectivity index (χ0n) is 34.3. The maximum atomic E-state index is 11.5. The van der Waals surface area contributed by atoms with Gasteiger partial charge in [-0.05, 0) is 82.1 Å². The fourth-order valence-corrected chi connectivity index (χ4v) is 7.58. The molecule has 0 aromatic heterocycles. The number of nitrogens with one attached hydrogen (secondary N) is 2. The molecule has 16 nitrogen and oxygen atoms in total. The van der Waals surface area contributed by atoms with E-state index in [2.05, 4.69) is 72.9 Å². The van der Waals surface area contributed by atoms with Crippen LogP contribution in [-0.2, 0) is 52.6 Å². The van der Waals surface area contributed by atoms with E-state index in [1.165, 1.54) is 6.92 Å². The monoisotopic (exact) mass is 808 g/mol. The third kappa shape index (κ3) is 21.3. The first-order valence-corrected chi connectivity index (χ1v) is 18.8. The number of hydrogen-bond donors (Lipinski definition) is 5. The second kappa shape index (κ2) is 37.3. The topological polar surface area (TPSA) is 263 Å². The van der Waals surface area contributed by atoms with E-state index in [4.69, 9.17) is 53.6 Å². The van der Waals surface area contributed by atoms with E-state index >= 15 is 0 Å². The lowest BCUT2D eigenvalue weighted by atomic mass is 9.62. The van der Waals surface area contributed by atoms with Crippen molar-refractivity contribution in [3.05, 3.63) is 0 Å². The lowest BCUT2D eigenvalue weighted by molar-refractivity contribution is -0.193. The van der Waals surface area contributed by atoms with Crippen LogP contribution in [0.25, 0.3) is 0 Å². The maximum Gasteiger partial charge on any atom is 0.373 e. The molecular formula is C40H77N3O13. The highest BCUT2D eigenvalue weighted by molar-refractivity contribution is 5.73. The summed E-state index contributed by atoms with van der Waals surface area (Å²) in [5.41, 5.74) is 6.13. The predicted octanol–water partition coefficient (Wildman–Crippen LogP) is 4.26. The SMILES string of the molecule is C.C.CCC(CC)O[C@H]1[C@H](C)[C@@H](NC)CC(CC)(CC)[C@@H]1O.CCC(CC)O[C@H]1[C@H](NC(C)=O)[C@@H](N)CC(CC)(CC)[C@@H]1O.O=C=O.O=C=O.O=C=O.O=C=O. The molecule has 0 aromatic rings. The summed E-state index contributed by atoms with van der Waals surface area (Å²) in [6.45, 7) is 20.7. The normalized spacial score (nSPS) is 24.9. The Morgan fingerprint density at radius 1 is 0.679 bits per heavy atom. The molecule has 2 aliphatic carbocycles. The first-order valence-electron chi connectivity index (χ1n) is 18.8. The molecule has 0 unspecified atom stereocenters. The van der Waals surface area contributed by atoms with E-state index in [-0.39, 0.29) is 92.7 Å². The van der Waals surface area contributed by atoms with Crippen LogP contribution in [0.1, 0.15) is 148 Å². The predicted molar refractivity (Wildman–Crippen MR) is 207 cm³/mol. The highest BCUT2D eigenvalue weighted by Crippen LogP contribution is 2.46. The van der Waals surface area contributed by atoms with Crippen molar-refractivity contribution in [3.8, 4) is 0 Å². The molecular weight excluding hydrogens is 730 g/mol. The van der Waals surface area contributed by atoms with Crippen molar-refractivity contribution in [1.29, 1.82) is 0 Å². The van der Waals surface area contributed by atoms with Gasteiger partial charge in [-0.15, -0.1) is 0 Å². The zero-order chi connectivity index (χ0) is 43.1. The molecule has 0 aromatic carbocycles. The quantitative estimate of drug-likeness (QED) is 0.164. The number of amides is 1. The van der Waals surface area contributed by atoms with Gasteiger partial charge < -0.3 is 36.1 Å². The number of carbonyl (C=O) groups is 1. The minimum atomic E-state index is -0.611. The van der Waals surface area contributed by atoms with Crippen molar-refractivity contribution >= 4 is 30.5 Å². The third-order valence-corrected chi connectivity index (χ3v) is 11.2. The average molecular weight is 808 g/mol. The number of hydrogen-bond acceptors (Lipinski definition) is 15. The molecule has 0 heterocycles. The van der Waals surface area contributed by atoms with Crippen LogP contribution in [0.4, 0.5) is 0 Å². The van der Waals surface area contributed by atoms with Crippen molar-refractivity contribution < 1.29 is 62.8 Å². The molecule has 0 spiro atoms. The van der Waals surface area contributed by atoms with Crippen LogP contribution in [0, 0.1) is 16.7 Å². The summed E-state index contributed by atoms with van der Waals surface area (Å²) in [4.78, 5) is 76.5. The Bertz CT molecular complexity index is 1050. The van der Waals surface area contributed by atoms with Crippen LogP contribution in [-0.4, -0.2) is 103 Å². The number of ether oxygens (including phenoxy) is 2. The molecule has 6 N–H and O–H groups in total. The average Bonchev–Trinajstić information content (AvgIpc) is 3.15. The summed E-state index contributed by atoms with van der Waals surface area (Å²) >= 11 is 0. The van der Waals surface area contributed by atoms with E-state index in [0.717, 1.165) is 57.8 Å². The molecule has 0 saturated heterocycles. The van der Waals surface area contributed by atoms with Gasteiger partial charge in [0.15, 0.2) is 0 Å². The van der Waals surface area contributed by atoms with Crippen LogP contribution < -0.4 is 16.4 Å². The van der Waals surface area contributed by atoms with Gasteiger partial charge in [0.05, 0.1) is 36.6 Å². The zero-order valence-corrected chi connectivity index (χ0v) is 34.3. The largest absolute Gasteiger partial charge is 0.390 e. The summed E-state index contributed by atoms with van der Waals surface area (Å²) in [5, 5.41) is 28.3. The minimum absolute atomic E-state index is 0. The van der Waals surface area contributed by atoms with Crippen LogP contribution in [0.2, 0.25) is 0 Å². The Hall–Kier alpha value is -3.25. The van der Waals surface area contributed by atoms with Gasteiger partial charge in [-0.3, -0.25) is 4.79 Å². The van der Waals surface area contributed by atoms with E-state index < -0.39 is 12.2 Å². The van der Waals surface area contributed by atoms with Gasteiger partial charge in [-0.2, -0.15) is 38.4 Å². The second-order valence-electron chi connectivity index (χ2n) is 13.5. The lowest BCUT2D eigenvalue weighted by Gasteiger charge is -2.51. The van der Waals surface area contributed by atoms with Crippen molar-refractivity contribution in [2.24, 2.45) is 22.5 Å². The van der Waals surface area contributed by atoms with Crippen molar-refractivity contribution in [1.82, 2.24) is 10.6 Å². The van der Waals surface area contributed by atoms with Gasteiger partial charge >= 0.3 is 24.6 Å². The van der Waals surface area contributed by atoms with Gasteiger partial charge in [0, 0.05) is 24.9 Å². The third-order valence-electron chi connectivity index (χ3n) is 11.2. The van der Waals surface area contributed by atoms with Gasteiger partial charge in [-0.1, -0.05) is 77.2 Å². The Morgan fingerprint density at radius 3 is 1.27 bits per heavy atom. The molecule has 2 rings (SSSR count). The summed E-state index contributed by atoms with van der Waals surface area (Å²) in [5.74, 6) is 0.216. The molecule has 0 radical (unpaired) electrons. The highest BCUT2D eigenvalue weighted by Gasteiger charge is 2.52. The molecule has 0 aliphatic heterocycles. The highest BCUT2D eigenvalue weighted by atomic mass is 16.5. The Balaban J connectivity index is -0.000000169. The number of aliphatic hydroxyl groups excluding tert-OH is 2. The van der Waals surface area contributed by atoms with E-state index in [1.54, 1.807) is 0 Å². The molecule has 1 amide bonds. The molecule has 0 bridgehead atoms. The standard InChI is InChI=1S/C17H34N2O3.C17H35NO2.4CO2.2CH4/c1-6-12(7-2)22-15-14(19-11(5)20)13(18)10-17(8-3,9-4)16(15)21;1-7-13(8-2)20-15-12(5)14(18-6)11-17(9-3,10-4)16(15)19;4*2-1-3;;/h12-16,21H,6-10,18H2,1-5H3,(H,19,20);12-16,18-19H,7-11H2,1-6H3;;;;;2*1H4/t13-,14+,15-,16+;12-,14+,15+,16-;;;;;;/m01....../s1. The van der Waals surface area contributed by atoms with Crippen LogP contribution in [0.5, 0.6) is 0 Å². The van der Waals surface area contributed by atoms with Crippen molar-refractivity contribution in [3.63, 3.8) is 0 Å². The number of nitrogens with two attached hydrogens (primary N) is 1. The second-order valence-corrected chi connectivity index (χ2v) is 13.5. The van der Waals surface area contributed by atoms with E-state index in [9.17, 15) is 15.0 Å². The summed E-state index contributed by atoms with van der Waals surface area (Å²) in [6, 6.07) is -0.108. The van der Waals surface area contributed by atoms with Crippen LogP contribution in [0.15, 0.2) is 0 Å². The molecule has 56 heavy (non-hydrogen) atoms. The first kappa shape index (κ1) is 64.6. The summed E-state index contributed by atoms with van der Waals surface area (Å²) in [6.07, 6.45) is 9.16. The van der Waals surface area contributed by atoms with Gasteiger partial charge in [0.25, 0.3) is 0 Å². The Labute approximate surface area is 336 Å². The number of carbonyl (C=O) groups excluding carboxylic acids is 9. The Kier molecular flexibility index (Phi) is 43.1. The molecule has 2 saturated carbocycles. The lowest BCUT2D eigenvalue weighted by Crippen LogP contribution is -2.67. The number of rotatable bonds is 14. The summed E-state index contributed by atoms with van der Waals surface area (Å²) < 4.78 is 12.5. The first-order chi connectivity index (χ1) is 25.5. The molecule has 2 fully saturated rings. The Morgan fingerprint density at radius 2 is 0.982 bits per heavy atom. The van der Waals surface area contributed by atoms with Gasteiger partial charge in [0.2, 0.25) is 5.91 Å². The van der Waals surface area contributed by atoms with Gasteiger partial charge in [0.1, 0.15) is 6.10 Å². The van der Waals surface area contributed by atoms with Crippen LogP contribution >= 0.6 is 0 Å². The molecule has 330 valence electrons. The van der Waals surface area contributed by atoms with Crippen molar-refractivity contribution in [2.45, 2.75) is 203 Å². The fourth-order valence-electron chi connectivity index (χ4n) is 7.58. The molecule has 16 heteroatoms. The van der Waals surface area contributed by atoms with Gasteiger partial charge in [-0.25, -0.2) is 0 Å². The fraction of sp³-hybridized carbons (Fsp3) is 0.875. The molecule has 8 atom stereocenters.